The zero-order valence-electron chi connectivity index (χ0n) is 11.3. The van der Waals surface area contributed by atoms with E-state index in [1.54, 1.807) is 0 Å². The van der Waals surface area contributed by atoms with Crippen molar-refractivity contribution in [3.8, 4) is 17.1 Å². The molecule has 23 heavy (non-hydrogen) atoms. The van der Waals surface area contributed by atoms with Gasteiger partial charge in [0.25, 0.3) is 0 Å². The molecule has 0 bridgehead atoms. The molecule has 0 spiro atoms. The Balaban J connectivity index is 2.22. The maximum Gasteiger partial charge on any atom is 0.435 e. The molecule has 0 aliphatic heterocycles. The van der Waals surface area contributed by atoms with Gasteiger partial charge in [0.05, 0.1) is 18.5 Å². The predicted molar refractivity (Wildman–Crippen MR) is 72.5 cm³/mol. The van der Waals surface area contributed by atoms with Gasteiger partial charge in [-0.2, -0.15) is 18.3 Å². The quantitative estimate of drug-likeness (QED) is 0.500. The van der Waals surface area contributed by atoms with Crippen molar-refractivity contribution in [2.24, 2.45) is 0 Å². The van der Waals surface area contributed by atoms with Crippen LogP contribution in [-0.4, -0.2) is 9.78 Å². The number of halogens is 4. The van der Waals surface area contributed by atoms with Crippen LogP contribution in [0.1, 0.15) is 5.69 Å². The molecule has 2 aromatic heterocycles. The van der Waals surface area contributed by atoms with Crippen LogP contribution in [0.3, 0.4) is 0 Å². The number of aromatic nitrogens is 2. The largest absolute Gasteiger partial charge is 0.463 e. The normalized spacial score (nSPS) is 11.4. The second kappa shape index (κ2) is 5.28. The second-order valence-corrected chi connectivity index (χ2v) is 4.55. The predicted octanol–water partition coefficient (Wildman–Crippen LogP) is 4.84. The van der Waals surface area contributed by atoms with Crippen molar-refractivity contribution in [3.63, 3.8) is 0 Å². The van der Waals surface area contributed by atoms with Crippen molar-refractivity contribution in [1.29, 1.82) is 0 Å². The molecule has 0 unspecified atom stereocenters. The van der Waals surface area contributed by atoms with Crippen LogP contribution < -0.4 is 0 Å². The fraction of sp³-hybridized carbons (Fsp3) is 0.0667. The molecule has 3 aromatic rings. The first-order valence-electron chi connectivity index (χ1n) is 6.28. The Bertz CT molecular complexity index is 889. The molecule has 1 aromatic carbocycles. The van der Waals surface area contributed by atoms with Gasteiger partial charge in [0.1, 0.15) is 11.5 Å². The van der Waals surface area contributed by atoms with E-state index in [0.717, 1.165) is 22.9 Å². The highest BCUT2D eigenvalue weighted by molar-refractivity contribution is 5.60. The van der Waals surface area contributed by atoms with Gasteiger partial charge in [-0.3, -0.25) is 0 Å². The van der Waals surface area contributed by atoms with E-state index < -0.39 is 17.7 Å². The number of furan rings is 1. The van der Waals surface area contributed by atoms with Crippen molar-refractivity contribution in [3.05, 3.63) is 65.6 Å². The lowest BCUT2D eigenvalue weighted by Crippen LogP contribution is -2.07. The maximum atomic E-state index is 13.4. The summed E-state index contributed by atoms with van der Waals surface area (Å²) in [6.07, 6.45) is -3.33. The summed E-state index contributed by atoms with van der Waals surface area (Å²) in [4.78, 5) is 2.99. The van der Waals surface area contributed by atoms with Crippen molar-refractivity contribution in [1.82, 2.24) is 9.78 Å². The zero-order valence-corrected chi connectivity index (χ0v) is 11.3. The van der Waals surface area contributed by atoms with Gasteiger partial charge in [-0.15, -0.1) is 0 Å². The fourth-order valence-corrected chi connectivity index (χ4v) is 2.03. The molecule has 2 heterocycles. The van der Waals surface area contributed by atoms with E-state index in [1.807, 2.05) is 0 Å². The van der Waals surface area contributed by atoms with Crippen LogP contribution in [-0.2, 0) is 6.18 Å². The van der Waals surface area contributed by atoms with Crippen molar-refractivity contribution < 1.29 is 22.0 Å². The van der Waals surface area contributed by atoms with Gasteiger partial charge in [0.2, 0.25) is 5.69 Å². The molecule has 3 rings (SSSR count). The molecule has 0 N–H and O–H groups in total. The van der Waals surface area contributed by atoms with Crippen LogP contribution in [0.25, 0.3) is 22.0 Å². The smallest absolute Gasteiger partial charge is 0.435 e. The number of hydrogen-bond acceptors (Lipinski definition) is 2. The van der Waals surface area contributed by atoms with Crippen LogP contribution in [0.15, 0.2) is 47.1 Å². The summed E-state index contributed by atoms with van der Waals surface area (Å²) < 4.78 is 58.3. The maximum absolute atomic E-state index is 13.4. The van der Waals surface area contributed by atoms with E-state index in [1.165, 1.54) is 24.5 Å². The molecule has 0 saturated heterocycles. The highest BCUT2D eigenvalue weighted by Gasteiger charge is 2.35. The van der Waals surface area contributed by atoms with E-state index >= 15 is 0 Å². The summed E-state index contributed by atoms with van der Waals surface area (Å²) in [5.74, 6) is -0.590. The van der Waals surface area contributed by atoms with Gasteiger partial charge in [-0.1, -0.05) is 0 Å². The highest BCUT2D eigenvalue weighted by atomic mass is 19.4. The van der Waals surface area contributed by atoms with Gasteiger partial charge in [-0.05, 0) is 30.3 Å². The van der Waals surface area contributed by atoms with E-state index in [4.69, 9.17) is 11.0 Å². The van der Waals surface area contributed by atoms with E-state index in [2.05, 4.69) is 9.94 Å². The minimum atomic E-state index is -4.64. The van der Waals surface area contributed by atoms with E-state index in [9.17, 15) is 17.6 Å². The molecule has 0 amide bonds. The number of rotatable bonds is 2. The second-order valence-electron chi connectivity index (χ2n) is 4.55. The summed E-state index contributed by atoms with van der Waals surface area (Å²) in [5, 5.41) is 3.52. The van der Waals surface area contributed by atoms with Gasteiger partial charge >= 0.3 is 6.18 Å². The third kappa shape index (κ3) is 2.68. The molecule has 0 aliphatic carbocycles. The lowest BCUT2D eigenvalue weighted by Gasteiger charge is -2.07. The van der Waals surface area contributed by atoms with E-state index in [-0.39, 0.29) is 22.8 Å². The summed E-state index contributed by atoms with van der Waals surface area (Å²) in [6, 6.07) is 7.21. The molecule has 0 aliphatic rings. The Labute approximate surface area is 127 Å². The third-order valence-corrected chi connectivity index (χ3v) is 3.07. The zero-order chi connectivity index (χ0) is 16.6. The Morgan fingerprint density at radius 1 is 1.17 bits per heavy atom. The summed E-state index contributed by atoms with van der Waals surface area (Å²) >= 11 is 0. The first-order valence-corrected chi connectivity index (χ1v) is 6.28. The molecular weight excluding hydrogens is 314 g/mol. The Hall–Kier alpha value is -3.08. The molecule has 0 radical (unpaired) electrons. The Morgan fingerprint density at radius 3 is 2.57 bits per heavy atom. The highest BCUT2D eigenvalue weighted by Crippen LogP contribution is 2.34. The summed E-state index contributed by atoms with van der Waals surface area (Å²) in [7, 11) is 0. The van der Waals surface area contributed by atoms with Crippen LogP contribution in [0.4, 0.5) is 23.2 Å². The van der Waals surface area contributed by atoms with Gasteiger partial charge in [0.15, 0.2) is 11.5 Å². The molecule has 116 valence electrons. The van der Waals surface area contributed by atoms with Crippen LogP contribution in [0.5, 0.6) is 0 Å². The summed E-state index contributed by atoms with van der Waals surface area (Å²) in [6.45, 7) is 6.90. The average molecular weight is 321 g/mol. The number of benzene rings is 1. The molecule has 0 saturated carbocycles. The molecule has 8 heteroatoms. The van der Waals surface area contributed by atoms with Crippen LogP contribution in [0, 0.1) is 12.4 Å². The fourth-order valence-electron chi connectivity index (χ4n) is 2.03. The third-order valence-electron chi connectivity index (χ3n) is 3.07. The van der Waals surface area contributed by atoms with Gasteiger partial charge < -0.3 is 4.42 Å². The topological polar surface area (TPSA) is 35.3 Å². The average Bonchev–Trinajstić information content (AvgIpc) is 3.16. The Morgan fingerprint density at radius 2 is 1.96 bits per heavy atom. The molecule has 0 atom stereocenters. The summed E-state index contributed by atoms with van der Waals surface area (Å²) in [5.41, 5.74) is -1.25. The van der Waals surface area contributed by atoms with Crippen molar-refractivity contribution in [2.45, 2.75) is 6.18 Å². The first-order chi connectivity index (χ1) is 10.9. The minimum Gasteiger partial charge on any atom is -0.463 e. The van der Waals surface area contributed by atoms with Crippen molar-refractivity contribution in [2.75, 3.05) is 0 Å². The van der Waals surface area contributed by atoms with Gasteiger partial charge in [-0.25, -0.2) is 13.9 Å². The lowest BCUT2D eigenvalue weighted by atomic mass is 10.2. The Kier molecular flexibility index (Phi) is 3.41. The number of alkyl halides is 3. The minimum absolute atomic E-state index is 0.0462. The lowest BCUT2D eigenvalue weighted by molar-refractivity contribution is -0.141. The van der Waals surface area contributed by atoms with E-state index in [0.29, 0.717) is 0 Å². The molecule has 4 nitrogen and oxygen atoms in total. The number of hydrogen-bond donors (Lipinski definition) is 0. The van der Waals surface area contributed by atoms with Crippen LogP contribution in [0.2, 0.25) is 0 Å². The SMILES string of the molecule is [C-]#[N+]c1cc(-n2nc(C(F)(F)F)cc2-c2ccco2)ccc1F. The van der Waals surface area contributed by atoms with Gasteiger partial charge in [0, 0.05) is 6.07 Å². The van der Waals surface area contributed by atoms with Crippen LogP contribution >= 0.6 is 0 Å². The standard InChI is InChI=1S/C15H7F4N3O/c1-20-11-7-9(4-5-10(11)16)22-12(13-3-2-6-23-13)8-14(21-22)15(17,18)19/h2-8H. The molecule has 0 fully saturated rings. The number of nitrogens with zero attached hydrogens (tertiary/aromatic N) is 3. The molecular formula is C15H7F4N3O. The monoisotopic (exact) mass is 321 g/mol. The first kappa shape index (κ1) is 14.8. The van der Waals surface area contributed by atoms with Crippen molar-refractivity contribution >= 4 is 5.69 Å².